The Labute approximate surface area is 63.8 Å². The highest BCUT2D eigenvalue weighted by molar-refractivity contribution is 5.87. The van der Waals surface area contributed by atoms with Gasteiger partial charge in [0.1, 0.15) is 5.69 Å². The minimum atomic E-state index is -0.956. The molecule has 0 unspecified atom stereocenters. The Morgan fingerprint density at radius 1 is 1.82 bits per heavy atom. The van der Waals surface area contributed by atoms with Gasteiger partial charge in [0.2, 0.25) is 0 Å². The van der Waals surface area contributed by atoms with E-state index in [1.54, 1.807) is 12.3 Å². The Morgan fingerprint density at radius 3 is 3.09 bits per heavy atom. The zero-order valence-electron chi connectivity index (χ0n) is 6.13. The van der Waals surface area contributed by atoms with Crippen molar-refractivity contribution in [3.63, 3.8) is 0 Å². The van der Waals surface area contributed by atoms with Crippen LogP contribution in [0, 0.1) is 0 Å². The molecule has 0 saturated carbocycles. The van der Waals surface area contributed by atoms with E-state index in [-0.39, 0.29) is 5.69 Å². The molecule has 0 atom stereocenters. The summed E-state index contributed by atoms with van der Waals surface area (Å²) in [6, 6.07) is 1.69. The van der Waals surface area contributed by atoms with Gasteiger partial charge < -0.3 is 14.8 Å². The highest BCUT2D eigenvalue weighted by Gasteiger charge is 2.09. The van der Waals surface area contributed by atoms with Crippen LogP contribution in [0.25, 0.3) is 0 Å². The molecule has 0 aliphatic heterocycles. The number of carboxylic acid groups (broad SMARTS) is 1. The van der Waals surface area contributed by atoms with Crippen LogP contribution < -0.4 is 0 Å². The van der Waals surface area contributed by atoms with E-state index in [4.69, 9.17) is 9.84 Å². The quantitative estimate of drug-likeness (QED) is 0.680. The van der Waals surface area contributed by atoms with E-state index in [1.807, 2.05) is 0 Å². The van der Waals surface area contributed by atoms with Crippen LogP contribution in [0.4, 0.5) is 0 Å². The first kappa shape index (κ1) is 7.81. The molecule has 11 heavy (non-hydrogen) atoms. The van der Waals surface area contributed by atoms with Crippen molar-refractivity contribution in [3.8, 4) is 0 Å². The topological polar surface area (TPSA) is 62.3 Å². The number of carboxylic acids is 1. The summed E-state index contributed by atoms with van der Waals surface area (Å²) in [6.45, 7) is 0.325. The molecule has 1 heterocycles. The maximum atomic E-state index is 10.5. The van der Waals surface area contributed by atoms with Crippen molar-refractivity contribution in [2.45, 2.75) is 6.61 Å². The van der Waals surface area contributed by atoms with E-state index in [2.05, 4.69) is 4.98 Å². The summed E-state index contributed by atoms with van der Waals surface area (Å²) in [5, 5.41) is 8.59. The second-order valence-electron chi connectivity index (χ2n) is 2.12. The molecule has 0 saturated heterocycles. The normalized spacial score (nSPS) is 9.91. The van der Waals surface area contributed by atoms with Gasteiger partial charge in [0.15, 0.2) is 0 Å². The largest absolute Gasteiger partial charge is 0.477 e. The molecule has 0 fully saturated rings. The highest BCUT2D eigenvalue weighted by atomic mass is 16.5. The number of rotatable bonds is 3. The average Bonchev–Trinajstić information content (AvgIpc) is 2.36. The zero-order valence-corrected chi connectivity index (χ0v) is 6.13. The van der Waals surface area contributed by atoms with Gasteiger partial charge in [-0.1, -0.05) is 0 Å². The van der Waals surface area contributed by atoms with Crippen molar-refractivity contribution in [1.29, 1.82) is 0 Å². The second-order valence-corrected chi connectivity index (χ2v) is 2.12. The maximum Gasteiger partial charge on any atom is 0.352 e. The first-order valence-corrected chi connectivity index (χ1v) is 3.14. The Kier molecular flexibility index (Phi) is 2.28. The lowest BCUT2D eigenvalue weighted by atomic mass is 10.2. The van der Waals surface area contributed by atoms with E-state index in [1.165, 1.54) is 7.11 Å². The number of carbonyl (C=O) groups is 1. The maximum absolute atomic E-state index is 10.5. The molecule has 0 aliphatic carbocycles. The number of ether oxygens (including phenoxy) is 1. The van der Waals surface area contributed by atoms with Crippen molar-refractivity contribution in [2.75, 3.05) is 7.11 Å². The number of hydrogen-bond donors (Lipinski definition) is 2. The molecule has 0 aliphatic rings. The molecule has 60 valence electrons. The molecule has 0 spiro atoms. The fourth-order valence-corrected chi connectivity index (χ4v) is 0.876. The van der Waals surface area contributed by atoms with Crippen LogP contribution in [0.3, 0.4) is 0 Å². The molecule has 4 nitrogen and oxygen atoms in total. The molecule has 1 rings (SSSR count). The Bertz CT molecular complexity index is 254. The number of hydrogen-bond acceptors (Lipinski definition) is 2. The smallest absolute Gasteiger partial charge is 0.352 e. The average molecular weight is 155 g/mol. The summed E-state index contributed by atoms with van der Waals surface area (Å²) < 4.78 is 4.79. The van der Waals surface area contributed by atoms with Crippen molar-refractivity contribution >= 4 is 5.97 Å². The van der Waals surface area contributed by atoms with Gasteiger partial charge >= 0.3 is 5.97 Å². The Balaban J connectivity index is 2.87. The van der Waals surface area contributed by atoms with Gasteiger partial charge in [0.25, 0.3) is 0 Å². The van der Waals surface area contributed by atoms with Gasteiger partial charge in [0.05, 0.1) is 6.61 Å². The van der Waals surface area contributed by atoms with E-state index in [0.29, 0.717) is 12.2 Å². The molecule has 0 bridgehead atoms. The molecule has 1 aromatic rings. The van der Waals surface area contributed by atoms with Crippen LogP contribution in [0.15, 0.2) is 12.3 Å². The number of H-pyrrole nitrogens is 1. The van der Waals surface area contributed by atoms with Crippen LogP contribution >= 0.6 is 0 Å². The van der Waals surface area contributed by atoms with Crippen LogP contribution in [0.5, 0.6) is 0 Å². The number of methoxy groups -OCH3 is 1. The fourth-order valence-electron chi connectivity index (χ4n) is 0.876. The lowest BCUT2D eigenvalue weighted by Gasteiger charge is -1.96. The number of nitrogens with one attached hydrogen (secondary N) is 1. The molecule has 0 aromatic carbocycles. The van der Waals surface area contributed by atoms with Crippen molar-refractivity contribution in [3.05, 3.63) is 23.5 Å². The van der Waals surface area contributed by atoms with Crippen LogP contribution in [-0.4, -0.2) is 23.2 Å². The first-order valence-electron chi connectivity index (χ1n) is 3.14. The van der Waals surface area contributed by atoms with Gasteiger partial charge in [-0.15, -0.1) is 0 Å². The minimum Gasteiger partial charge on any atom is -0.477 e. The van der Waals surface area contributed by atoms with Gasteiger partial charge in [-0.3, -0.25) is 0 Å². The lowest BCUT2D eigenvalue weighted by Crippen LogP contribution is -2.01. The van der Waals surface area contributed by atoms with Crippen LogP contribution in [0.2, 0.25) is 0 Å². The SMILES string of the molecule is COCc1cc[nH]c1C(=O)O. The highest BCUT2D eigenvalue weighted by Crippen LogP contribution is 2.06. The summed E-state index contributed by atoms with van der Waals surface area (Å²) in [7, 11) is 1.53. The van der Waals surface area contributed by atoms with Crippen LogP contribution in [-0.2, 0) is 11.3 Å². The predicted molar refractivity (Wildman–Crippen MR) is 38.5 cm³/mol. The van der Waals surface area contributed by atoms with Crippen molar-refractivity contribution in [2.24, 2.45) is 0 Å². The standard InChI is InChI=1S/C7H9NO3/c1-11-4-5-2-3-8-6(5)7(9)10/h2-3,8H,4H2,1H3,(H,9,10). The van der Waals surface area contributed by atoms with Crippen molar-refractivity contribution < 1.29 is 14.6 Å². The van der Waals surface area contributed by atoms with Crippen LogP contribution in [0.1, 0.15) is 16.1 Å². The van der Waals surface area contributed by atoms with Gasteiger partial charge in [-0.2, -0.15) is 0 Å². The van der Waals surface area contributed by atoms with E-state index < -0.39 is 5.97 Å². The summed E-state index contributed by atoms with van der Waals surface area (Å²) in [5.41, 5.74) is 0.867. The molecule has 0 radical (unpaired) electrons. The Hall–Kier alpha value is -1.29. The molecule has 0 amide bonds. The van der Waals surface area contributed by atoms with Gasteiger partial charge in [-0.25, -0.2) is 4.79 Å². The summed E-state index contributed by atoms with van der Waals surface area (Å²) in [6.07, 6.45) is 1.58. The third-order valence-electron chi connectivity index (χ3n) is 1.35. The second kappa shape index (κ2) is 3.21. The minimum absolute atomic E-state index is 0.201. The van der Waals surface area contributed by atoms with E-state index in [0.717, 1.165) is 0 Å². The third kappa shape index (κ3) is 1.59. The summed E-state index contributed by atoms with van der Waals surface area (Å²) in [5.74, 6) is -0.956. The number of aromatic nitrogens is 1. The fraction of sp³-hybridized carbons (Fsp3) is 0.286. The monoisotopic (exact) mass is 155 g/mol. The number of aromatic carboxylic acids is 1. The molecule has 2 N–H and O–H groups in total. The van der Waals surface area contributed by atoms with E-state index >= 15 is 0 Å². The molecular weight excluding hydrogens is 146 g/mol. The van der Waals surface area contributed by atoms with E-state index in [9.17, 15) is 4.79 Å². The Morgan fingerprint density at radius 2 is 2.55 bits per heavy atom. The molecular formula is C7H9NO3. The summed E-state index contributed by atoms with van der Waals surface area (Å²) in [4.78, 5) is 13.1. The lowest BCUT2D eigenvalue weighted by molar-refractivity contribution is 0.0686. The third-order valence-corrected chi connectivity index (χ3v) is 1.35. The molecule has 4 heteroatoms. The predicted octanol–water partition coefficient (Wildman–Crippen LogP) is 0.859. The molecule has 1 aromatic heterocycles. The van der Waals surface area contributed by atoms with Gasteiger partial charge in [0, 0.05) is 18.9 Å². The first-order chi connectivity index (χ1) is 5.25. The zero-order chi connectivity index (χ0) is 8.27. The van der Waals surface area contributed by atoms with Gasteiger partial charge in [-0.05, 0) is 6.07 Å². The number of aromatic amines is 1. The van der Waals surface area contributed by atoms with Crippen molar-refractivity contribution in [1.82, 2.24) is 4.98 Å². The summed E-state index contributed by atoms with van der Waals surface area (Å²) >= 11 is 0.